The fourth-order valence-electron chi connectivity index (χ4n) is 3.92. The highest BCUT2D eigenvalue weighted by atomic mass is 16.3. The molecule has 1 heterocycles. The van der Waals surface area contributed by atoms with Gasteiger partial charge in [0.1, 0.15) is 5.60 Å². The molecule has 0 fully saturated rings. The Labute approximate surface area is 161 Å². The van der Waals surface area contributed by atoms with Crippen LogP contribution in [0.4, 0.5) is 0 Å². The van der Waals surface area contributed by atoms with Gasteiger partial charge in [-0.25, -0.2) is 0 Å². The summed E-state index contributed by atoms with van der Waals surface area (Å²) in [7, 11) is 0. The molecule has 0 radical (unpaired) electrons. The summed E-state index contributed by atoms with van der Waals surface area (Å²) < 4.78 is 0. The second-order valence-corrected chi connectivity index (χ2v) is 7.14. The molecule has 0 atom stereocenters. The Bertz CT molecular complexity index is 848. The lowest BCUT2D eigenvalue weighted by molar-refractivity contribution is 0.109. The summed E-state index contributed by atoms with van der Waals surface area (Å²) in [5, 5.41) is 11.9. The average Bonchev–Trinajstić information content (AvgIpc) is 2.76. The van der Waals surface area contributed by atoms with Gasteiger partial charge >= 0.3 is 0 Å². The van der Waals surface area contributed by atoms with Crippen LogP contribution < -0.4 is 0 Å². The molecule has 0 aliphatic carbocycles. The smallest absolute Gasteiger partial charge is 0.136 e. The molecule has 0 bridgehead atoms. The Hall–Kier alpha value is -2.68. The van der Waals surface area contributed by atoms with Crippen LogP contribution in [0.15, 0.2) is 103 Å². The second-order valence-electron chi connectivity index (χ2n) is 7.14. The number of benzene rings is 3. The topological polar surface area (TPSA) is 23.5 Å². The molecule has 0 spiro atoms. The molecule has 1 aliphatic heterocycles. The first-order valence-electron chi connectivity index (χ1n) is 9.56. The molecular formula is C25H25NO. The molecule has 136 valence electrons. The largest absolute Gasteiger partial charge is 0.376 e. The summed E-state index contributed by atoms with van der Waals surface area (Å²) >= 11 is 0. The van der Waals surface area contributed by atoms with E-state index in [0.29, 0.717) is 0 Å². The Morgan fingerprint density at radius 1 is 0.741 bits per heavy atom. The molecule has 3 aromatic carbocycles. The monoisotopic (exact) mass is 355 g/mol. The lowest BCUT2D eigenvalue weighted by Crippen LogP contribution is -2.36. The molecule has 3 aromatic rings. The minimum absolute atomic E-state index is 0.853. The molecule has 0 unspecified atom stereocenters. The maximum atomic E-state index is 11.9. The average molecular weight is 355 g/mol. The number of nitrogens with zero attached hydrogens (tertiary/aromatic N) is 1. The fraction of sp³-hybridized carbons (Fsp3) is 0.200. The first-order chi connectivity index (χ1) is 13.3. The number of rotatable bonds is 5. The SMILES string of the molecule is OC(C1=CCN(Cc2ccccc2)CC1)(c1ccccc1)c1ccccc1. The Kier molecular flexibility index (Phi) is 5.19. The predicted octanol–water partition coefficient (Wildman–Crippen LogP) is 4.75. The quantitative estimate of drug-likeness (QED) is 0.667. The number of aliphatic hydroxyl groups is 1. The van der Waals surface area contributed by atoms with Gasteiger partial charge in [0.25, 0.3) is 0 Å². The van der Waals surface area contributed by atoms with Crippen LogP contribution in [0.2, 0.25) is 0 Å². The van der Waals surface area contributed by atoms with Crippen molar-refractivity contribution in [3.63, 3.8) is 0 Å². The second kappa shape index (κ2) is 7.91. The third kappa shape index (κ3) is 3.73. The van der Waals surface area contributed by atoms with E-state index in [9.17, 15) is 5.11 Å². The van der Waals surface area contributed by atoms with Gasteiger partial charge in [-0.05, 0) is 28.7 Å². The van der Waals surface area contributed by atoms with E-state index < -0.39 is 5.60 Å². The zero-order valence-electron chi connectivity index (χ0n) is 15.5. The predicted molar refractivity (Wildman–Crippen MR) is 110 cm³/mol. The molecule has 0 saturated heterocycles. The van der Waals surface area contributed by atoms with Crippen LogP contribution in [0, 0.1) is 0 Å². The first-order valence-corrected chi connectivity index (χ1v) is 9.56. The summed E-state index contributed by atoms with van der Waals surface area (Å²) in [6.45, 7) is 2.74. The van der Waals surface area contributed by atoms with Gasteiger partial charge in [0, 0.05) is 19.6 Å². The van der Waals surface area contributed by atoms with E-state index in [-0.39, 0.29) is 0 Å². The summed E-state index contributed by atoms with van der Waals surface area (Å²) in [4.78, 5) is 2.43. The van der Waals surface area contributed by atoms with Crippen molar-refractivity contribution in [1.29, 1.82) is 0 Å². The van der Waals surface area contributed by atoms with Crippen molar-refractivity contribution in [3.05, 3.63) is 119 Å². The van der Waals surface area contributed by atoms with Gasteiger partial charge in [0.2, 0.25) is 0 Å². The summed E-state index contributed by atoms with van der Waals surface area (Å²) in [6, 6.07) is 30.6. The van der Waals surface area contributed by atoms with Crippen LogP contribution in [-0.2, 0) is 12.1 Å². The van der Waals surface area contributed by atoms with E-state index in [1.165, 1.54) is 5.56 Å². The Balaban J connectivity index is 1.62. The van der Waals surface area contributed by atoms with E-state index >= 15 is 0 Å². The van der Waals surface area contributed by atoms with E-state index in [4.69, 9.17) is 0 Å². The molecule has 4 rings (SSSR count). The highest BCUT2D eigenvalue weighted by Crippen LogP contribution is 2.39. The molecule has 2 nitrogen and oxygen atoms in total. The van der Waals surface area contributed by atoms with E-state index in [1.807, 2.05) is 60.7 Å². The third-order valence-electron chi connectivity index (χ3n) is 5.39. The van der Waals surface area contributed by atoms with Gasteiger partial charge in [0.05, 0.1) is 0 Å². The molecule has 1 aliphatic rings. The maximum absolute atomic E-state index is 11.9. The van der Waals surface area contributed by atoms with Gasteiger partial charge in [-0.2, -0.15) is 0 Å². The highest BCUT2D eigenvalue weighted by Gasteiger charge is 2.36. The number of hydrogen-bond acceptors (Lipinski definition) is 2. The van der Waals surface area contributed by atoms with Crippen molar-refractivity contribution in [2.24, 2.45) is 0 Å². The minimum Gasteiger partial charge on any atom is -0.376 e. The Morgan fingerprint density at radius 2 is 1.26 bits per heavy atom. The molecule has 27 heavy (non-hydrogen) atoms. The molecule has 2 heteroatoms. The van der Waals surface area contributed by atoms with Crippen LogP contribution in [0.1, 0.15) is 23.1 Å². The standard InChI is InChI=1S/C25H25NO/c27-25(22-12-6-2-7-13-22,23-14-8-3-9-15-23)24-16-18-26(19-17-24)20-21-10-4-1-5-11-21/h1-16,27H,17-20H2. The van der Waals surface area contributed by atoms with Crippen molar-refractivity contribution in [2.75, 3.05) is 13.1 Å². The van der Waals surface area contributed by atoms with Gasteiger partial charge in [-0.15, -0.1) is 0 Å². The molecule has 0 saturated carbocycles. The van der Waals surface area contributed by atoms with Crippen LogP contribution >= 0.6 is 0 Å². The zero-order valence-corrected chi connectivity index (χ0v) is 15.5. The van der Waals surface area contributed by atoms with Crippen LogP contribution in [-0.4, -0.2) is 23.1 Å². The van der Waals surface area contributed by atoms with Crippen molar-refractivity contribution >= 4 is 0 Å². The Morgan fingerprint density at radius 3 is 1.74 bits per heavy atom. The van der Waals surface area contributed by atoms with Crippen molar-refractivity contribution < 1.29 is 5.11 Å². The van der Waals surface area contributed by atoms with Gasteiger partial charge in [0.15, 0.2) is 0 Å². The van der Waals surface area contributed by atoms with Gasteiger partial charge < -0.3 is 5.11 Å². The highest BCUT2D eigenvalue weighted by molar-refractivity contribution is 5.45. The molecule has 0 amide bonds. The van der Waals surface area contributed by atoms with E-state index in [0.717, 1.165) is 42.8 Å². The van der Waals surface area contributed by atoms with E-state index in [2.05, 4.69) is 41.3 Å². The lowest BCUT2D eigenvalue weighted by atomic mass is 9.77. The third-order valence-corrected chi connectivity index (χ3v) is 5.39. The number of hydrogen-bond donors (Lipinski definition) is 1. The first kappa shape index (κ1) is 17.7. The van der Waals surface area contributed by atoms with Crippen LogP contribution in [0.3, 0.4) is 0 Å². The van der Waals surface area contributed by atoms with Crippen molar-refractivity contribution in [1.82, 2.24) is 4.90 Å². The normalized spacial score (nSPS) is 15.4. The van der Waals surface area contributed by atoms with Crippen LogP contribution in [0.25, 0.3) is 0 Å². The maximum Gasteiger partial charge on any atom is 0.136 e. The summed E-state index contributed by atoms with van der Waals surface area (Å²) in [6.07, 6.45) is 3.07. The summed E-state index contributed by atoms with van der Waals surface area (Å²) in [5.41, 5.74) is 3.21. The summed E-state index contributed by atoms with van der Waals surface area (Å²) in [5.74, 6) is 0. The zero-order chi connectivity index (χ0) is 18.5. The lowest BCUT2D eigenvalue weighted by Gasteiger charge is -2.36. The van der Waals surface area contributed by atoms with Gasteiger partial charge in [-0.3, -0.25) is 4.90 Å². The van der Waals surface area contributed by atoms with E-state index in [1.54, 1.807) is 0 Å². The minimum atomic E-state index is -1.07. The fourth-order valence-corrected chi connectivity index (χ4v) is 3.92. The molecule has 0 aromatic heterocycles. The molecular weight excluding hydrogens is 330 g/mol. The molecule has 1 N–H and O–H groups in total. The van der Waals surface area contributed by atoms with Crippen molar-refractivity contribution in [2.45, 2.75) is 18.6 Å². The van der Waals surface area contributed by atoms with Crippen molar-refractivity contribution in [3.8, 4) is 0 Å². The van der Waals surface area contributed by atoms with Gasteiger partial charge in [-0.1, -0.05) is 97.1 Å². The van der Waals surface area contributed by atoms with Crippen LogP contribution in [0.5, 0.6) is 0 Å².